The van der Waals surface area contributed by atoms with E-state index in [1.165, 1.54) is 4.88 Å². The van der Waals surface area contributed by atoms with Crippen molar-refractivity contribution in [2.45, 2.75) is 30.7 Å². The average molecular weight is 359 g/mol. The summed E-state index contributed by atoms with van der Waals surface area (Å²) in [4.78, 5) is 27.8. The number of carboxylic acids is 1. The third kappa shape index (κ3) is 2.63. The van der Waals surface area contributed by atoms with Crippen molar-refractivity contribution < 1.29 is 14.7 Å². The first kappa shape index (κ1) is 15.7. The summed E-state index contributed by atoms with van der Waals surface area (Å²) in [6.45, 7) is 0.377. The van der Waals surface area contributed by atoms with Gasteiger partial charge in [0.05, 0.1) is 0 Å². The Kier molecular flexibility index (Phi) is 4.10. The van der Waals surface area contributed by atoms with Gasteiger partial charge in [-0.1, -0.05) is 24.3 Å². The van der Waals surface area contributed by atoms with Crippen LogP contribution < -0.4 is 0 Å². The van der Waals surface area contributed by atoms with Crippen LogP contribution in [0.5, 0.6) is 0 Å². The van der Waals surface area contributed by atoms with Crippen molar-refractivity contribution in [1.82, 2.24) is 4.90 Å². The van der Waals surface area contributed by atoms with Crippen molar-refractivity contribution in [2.75, 3.05) is 5.75 Å². The van der Waals surface area contributed by atoms with Crippen molar-refractivity contribution in [3.05, 3.63) is 57.3 Å². The van der Waals surface area contributed by atoms with Gasteiger partial charge in [-0.3, -0.25) is 4.79 Å². The van der Waals surface area contributed by atoms with Crippen LogP contribution in [0.4, 0.5) is 0 Å². The molecule has 24 heavy (non-hydrogen) atoms. The number of hydrogen-bond acceptors (Lipinski definition) is 4. The summed E-state index contributed by atoms with van der Waals surface area (Å²) in [6, 6.07) is 9.04. The Morgan fingerprint density at radius 2 is 1.96 bits per heavy atom. The molecule has 1 N–H and O–H groups in total. The molecule has 0 saturated heterocycles. The van der Waals surface area contributed by atoms with Crippen molar-refractivity contribution in [3.63, 3.8) is 0 Å². The number of fused-ring (bicyclic) bond motifs is 2. The van der Waals surface area contributed by atoms with E-state index in [2.05, 4.69) is 0 Å². The lowest BCUT2D eigenvalue weighted by Crippen LogP contribution is -2.50. The lowest BCUT2D eigenvalue weighted by molar-refractivity contribution is -0.151. The summed E-state index contributed by atoms with van der Waals surface area (Å²) in [6.07, 6.45) is 1.37. The highest BCUT2D eigenvalue weighted by Gasteiger charge is 2.39. The molecule has 6 heteroatoms. The van der Waals surface area contributed by atoms with E-state index in [4.69, 9.17) is 0 Å². The minimum Gasteiger partial charge on any atom is -0.480 e. The zero-order valence-corrected chi connectivity index (χ0v) is 14.6. The first-order chi connectivity index (χ1) is 11.6. The number of carboxylic acid groups (broad SMARTS) is 1. The number of thioether (sulfide) groups is 1. The Hall–Kier alpha value is -1.79. The van der Waals surface area contributed by atoms with Crippen LogP contribution in [-0.4, -0.2) is 33.7 Å². The zero-order chi connectivity index (χ0) is 16.7. The van der Waals surface area contributed by atoms with Gasteiger partial charge in [0.15, 0.2) is 0 Å². The third-order valence-corrected chi connectivity index (χ3v) is 6.94. The molecule has 0 saturated carbocycles. The van der Waals surface area contributed by atoms with Crippen LogP contribution in [0.25, 0.3) is 0 Å². The zero-order valence-electron chi connectivity index (χ0n) is 13.0. The number of aliphatic carboxylic acids is 1. The van der Waals surface area contributed by atoms with Crippen molar-refractivity contribution in [1.29, 1.82) is 0 Å². The molecule has 3 heterocycles. The van der Waals surface area contributed by atoms with Gasteiger partial charge < -0.3 is 10.0 Å². The molecule has 2 aromatic rings. The SMILES string of the molecule is O=C(O)C1Cc2ccccc2CN1C(=O)C1SCCc2sccc21. The van der Waals surface area contributed by atoms with E-state index < -0.39 is 12.0 Å². The summed E-state index contributed by atoms with van der Waals surface area (Å²) in [5.41, 5.74) is 3.15. The van der Waals surface area contributed by atoms with Crippen LogP contribution in [0.1, 0.15) is 26.8 Å². The Bertz CT molecular complexity index is 801. The predicted molar refractivity (Wildman–Crippen MR) is 95.3 cm³/mol. The summed E-state index contributed by atoms with van der Waals surface area (Å²) in [7, 11) is 0. The Morgan fingerprint density at radius 3 is 2.75 bits per heavy atom. The van der Waals surface area contributed by atoms with Crippen LogP contribution in [-0.2, 0) is 29.0 Å². The molecule has 0 fully saturated rings. The summed E-state index contributed by atoms with van der Waals surface area (Å²) in [5.74, 6) is -0.0861. The van der Waals surface area contributed by atoms with Crippen LogP contribution in [0.3, 0.4) is 0 Å². The fourth-order valence-corrected chi connectivity index (χ4v) is 5.84. The molecule has 1 aromatic carbocycles. The van der Waals surface area contributed by atoms with Gasteiger partial charge in [0.1, 0.15) is 11.3 Å². The van der Waals surface area contributed by atoms with Crippen LogP contribution in [0, 0.1) is 0 Å². The summed E-state index contributed by atoms with van der Waals surface area (Å²) < 4.78 is 0. The largest absolute Gasteiger partial charge is 0.480 e. The van der Waals surface area contributed by atoms with Crippen LogP contribution in [0.2, 0.25) is 0 Å². The molecule has 0 bridgehead atoms. The predicted octanol–water partition coefficient (Wildman–Crippen LogP) is 3.12. The van der Waals surface area contributed by atoms with Gasteiger partial charge in [-0.2, -0.15) is 0 Å². The normalized spacial score (nSPS) is 22.6. The van der Waals surface area contributed by atoms with E-state index in [9.17, 15) is 14.7 Å². The van der Waals surface area contributed by atoms with Gasteiger partial charge in [0.25, 0.3) is 0 Å². The van der Waals surface area contributed by atoms with Crippen molar-refractivity contribution in [2.24, 2.45) is 0 Å². The minimum absolute atomic E-state index is 0.0683. The van der Waals surface area contributed by atoms with E-state index in [0.29, 0.717) is 13.0 Å². The molecule has 2 aliphatic heterocycles. The number of aryl methyl sites for hydroxylation is 1. The monoisotopic (exact) mass is 359 g/mol. The lowest BCUT2D eigenvalue weighted by Gasteiger charge is -2.37. The summed E-state index contributed by atoms with van der Waals surface area (Å²) in [5, 5.41) is 11.4. The van der Waals surface area contributed by atoms with Gasteiger partial charge in [-0.25, -0.2) is 4.79 Å². The maximum atomic E-state index is 13.2. The fraction of sp³-hybridized carbons (Fsp3) is 0.333. The number of carbonyl (C=O) groups excluding carboxylic acids is 1. The van der Waals surface area contributed by atoms with E-state index in [1.807, 2.05) is 35.7 Å². The molecule has 4 rings (SSSR count). The molecule has 0 spiro atoms. The highest BCUT2D eigenvalue weighted by atomic mass is 32.2. The number of benzene rings is 1. The molecule has 0 radical (unpaired) electrons. The number of rotatable bonds is 2. The molecule has 0 aliphatic carbocycles. The second-order valence-electron chi connectivity index (χ2n) is 6.09. The Morgan fingerprint density at radius 1 is 1.17 bits per heavy atom. The van der Waals surface area contributed by atoms with Gasteiger partial charge in [0.2, 0.25) is 5.91 Å². The molecular formula is C18H17NO3S2. The topological polar surface area (TPSA) is 57.6 Å². The lowest BCUT2D eigenvalue weighted by atomic mass is 9.93. The molecule has 1 aromatic heterocycles. The number of amides is 1. The second-order valence-corrected chi connectivity index (χ2v) is 8.31. The van der Waals surface area contributed by atoms with Crippen molar-refractivity contribution in [3.8, 4) is 0 Å². The van der Waals surface area contributed by atoms with E-state index >= 15 is 0 Å². The highest BCUT2D eigenvalue weighted by molar-refractivity contribution is 8.00. The maximum absolute atomic E-state index is 13.2. The minimum atomic E-state index is -0.927. The smallest absolute Gasteiger partial charge is 0.326 e. The highest BCUT2D eigenvalue weighted by Crippen LogP contribution is 2.41. The number of carbonyl (C=O) groups is 2. The first-order valence-electron chi connectivity index (χ1n) is 7.93. The number of nitrogens with zero attached hydrogens (tertiary/aromatic N) is 1. The molecule has 1 amide bonds. The second kappa shape index (κ2) is 6.26. The summed E-state index contributed by atoms with van der Waals surface area (Å²) >= 11 is 3.32. The quantitative estimate of drug-likeness (QED) is 0.895. The van der Waals surface area contributed by atoms with Crippen molar-refractivity contribution >= 4 is 35.0 Å². The van der Waals surface area contributed by atoms with E-state index in [1.54, 1.807) is 28.0 Å². The molecule has 124 valence electrons. The fourth-order valence-electron chi connectivity index (χ4n) is 3.48. The third-order valence-electron chi connectivity index (χ3n) is 4.72. The van der Waals surface area contributed by atoms with E-state index in [-0.39, 0.29) is 11.2 Å². The maximum Gasteiger partial charge on any atom is 0.326 e. The molecular weight excluding hydrogens is 342 g/mol. The average Bonchev–Trinajstić information content (AvgIpc) is 3.08. The molecule has 2 aliphatic rings. The van der Waals surface area contributed by atoms with Crippen LogP contribution in [0.15, 0.2) is 35.7 Å². The van der Waals surface area contributed by atoms with Crippen LogP contribution >= 0.6 is 23.1 Å². The van der Waals surface area contributed by atoms with Gasteiger partial charge in [0, 0.05) is 17.8 Å². The Balaban J connectivity index is 1.67. The molecule has 2 unspecified atom stereocenters. The van der Waals surface area contributed by atoms with Gasteiger partial charge >= 0.3 is 5.97 Å². The number of thiophene rings is 1. The molecule has 4 nitrogen and oxygen atoms in total. The number of hydrogen-bond donors (Lipinski definition) is 1. The first-order valence-corrected chi connectivity index (χ1v) is 9.86. The standard InChI is InChI=1S/C18H17NO3S2/c20-17(16-13-5-7-23-15(13)6-8-24-16)19-10-12-4-2-1-3-11(12)9-14(19)18(21)22/h1-5,7,14,16H,6,8-10H2,(H,21,22). The molecule has 2 atom stereocenters. The van der Waals surface area contributed by atoms with E-state index in [0.717, 1.165) is 28.9 Å². The van der Waals surface area contributed by atoms with Gasteiger partial charge in [-0.15, -0.1) is 23.1 Å². The Labute approximate surface area is 148 Å². The van der Waals surface area contributed by atoms with Gasteiger partial charge in [-0.05, 0) is 40.3 Å².